The third-order valence-electron chi connectivity index (χ3n) is 3.52. The molecule has 0 radical (unpaired) electrons. The SMILES string of the molecule is Br.Br.Cc1cc(C)c2ccc(=O)n(CCCCN(C)C)c2n1. The standard InChI is InChI=1S/C16H23N3O.2BrH/c1-12-11-13(2)17-16-14(12)7-8-15(20)19(16)10-6-5-9-18(3)4;;/h7-8,11H,5-6,9-10H2,1-4H3;2*1H. The largest absolute Gasteiger partial charge is 0.309 e. The monoisotopic (exact) mass is 433 g/mol. The highest BCUT2D eigenvalue weighted by atomic mass is 79.9. The zero-order valence-electron chi connectivity index (χ0n) is 13.6. The number of rotatable bonds is 5. The number of unbranched alkanes of at least 4 members (excludes halogenated alkanes) is 1. The van der Waals surface area contributed by atoms with Crippen LogP contribution in [0.3, 0.4) is 0 Å². The Morgan fingerprint density at radius 1 is 1.14 bits per heavy atom. The maximum absolute atomic E-state index is 12.1. The fraction of sp³-hybridized carbons (Fsp3) is 0.500. The molecule has 0 amide bonds. The lowest BCUT2D eigenvalue weighted by Gasteiger charge is -2.13. The van der Waals surface area contributed by atoms with Crippen molar-refractivity contribution < 1.29 is 0 Å². The maximum atomic E-state index is 12.1. The van der Waals surface area contributed by atoms with Gasteiger partial charge in [-0.25, -0.2) is 4.98 Å². The van der Waals surface area contributed by atoms with Crippen LogP contribution in [-0.2, 0) is 6.54 Å². The van der Waals surface area contributed by atoms with Gasteiger partial charge in [-0.1, -0.05) is 0 Å². The van der Waals surface area contributed by atoms with E-state index in [1.165, 1.54) is 5.56 Å². The van der Waals surface area contributed by atoms with Crippen molar-refractivity contribution in [2.75, 3.05) is 20.6 Å². The average molecular weight is 435 g/mol. The quantitative estimate of drug-likeness (QED) is 0.675. The first-order valence-corrected chi connectivity index (χ1v) is 7.11. The number of aromatic nitrogens is 2. The number of hydrogen-bond donors (Lipinski definition) is 0. The summed E-state index contributed by atoms with van der Waals surface area (Å²) in [6, 6.07) is 5.59. The van der Waals surface area contributed by atoms with Gasteiger partial charge in [0.15, 0.2) is 0 Å². The van der Waals surface area contributed by atoms with Crippen LogP contribution < -0.4 is 5.56 Å². The fourth-order valence-corrected chi connectivity index (χ4v) is 2.50. The van der Waals surface area contributed by atoms with Gasteiger partial charge < -0.3 is 4.90 Å². The minimum absolute atomic E-state index is 0. The van der Waals surface area contributed by atoms with Crippen molar-refractivity contribution in [2.24, 2.45) is 0 Å². The van der Waals surface area contributed by atoms with Gasteiger partial charge in [0.1, 0.15) is 5.65 Å². The van der Waals surface area contributed by atoms with Crippen LogP contribution in [0.5, 0.6) is 0 Å². The van der Waals surface area contributed by atoms with Crippen molar-refractivity contribution in [1.29, 1.82) is 0 Å². The van der Waals surface area contributed by atoms with Crippen molar-refractivity contribution in [2.45, 2.75) is 33.2 Å². The third-order valence-corrected chi connectivity index (χ3v) is 3.52. The van der Waals surface area contributed by atoms with E-state index < -0.39 is 0 Å². The van der Waals surface area contributed by atoms with Crippen molar-refractivity contribution in [1.82, 2.24) is 14.5 Å². The Morgan fingerprint density at radius 3 is 2.45 bits per heavy atom. The molecule has 0 fully saturated rings. The Balaban J connectivity index is 0.00000220. The maximum Gasteiger partial charge on any atom is 0.252 e. The molecule has 2 rings (SSSR count). The van der Waals surface area contributed by atoms with Crippen molar-refractivity contribution >= 4 is 45.0 Å². The van der Waals surface area contributed by atoms with E-state index >= 15 is 0 Å². The van der Waals surface area contributed by atoms with Crippen molar-refractivity contribution in [3.8, 4) is 0 Å². The van der Waals surface area contributed by atoms with Crippen LogP contribution in [0.2, 0.25) is 0 Å². The third kappa shape index (κ3) is 5.18. The predicted octanol–water partition coefficient (Wildman–Crippen LogP) is 3.51. The van der Waals surface area contributed by atoms with Gasteiger partial charge in [0.25, 0.3) is 5.56 Å². The molecule has 0 spiro atoms. The molecule has 0 saturated heterocycles. The smallest absolute Gasteiger partial charge is 0.252 e. The van der Waals surface area contributed by atoms with Gasteiger partial charge >= 0.3 is 0 Å². The zero-order chi connectivity index (χ0) is 14.7. The summed E-state index contributed by atoms with van der Waals surface area (Å²) in [6.07, 6.45) is 2.08. The van der Waals surface area contributed by atoms with Gasteiger partial charge in [0, 0.05) is 23.7 Å². The molecule has 4 nitrogen and oxygen atoms in total. The molecule has 0 saturated carbocycles. The lowest BCUT2D eigenvalue weighted by atomic mass is 10.1. The van der Waals surface area contributed by atoms with Gasteiger partial charge in [-0.3, -0.25) is 9.36 Å². The molecule has 124 valence electrons. The van der Waals surface area contributed by atoms with Crippen molar-refractivity contribution in [3.05, 3.63) is 39.8 Å². The first kappa shape index (κ1) is 21.3. The zero-order valence-corrected chi connectivity index (χ0v) is 17.1. The number of aryl methyl sites for hydroxylation is 3. The van der Waals surface area contributed by atoms with Crippen molar-refractivity contribution in [3.63, 3.8) is 0 Å². The molecule has 0 unspecified atom stereocenters. The predicted molar refractivity (Wildman–Crippen MR) is 104 cm³/mol. The minimum atomic E-state index is 0. The van der Waals surface area contributed by atoms with Crippen LogP contribution in [0, 0.1) is 13.8 Å². The van der Waals surface area contributed by atoms with Gasteiger partial charge in [0.05, 0.1) is 0 Å². The summed E-state index contributed by atoms with van der Waals surface area (Å²) in [5.41, 5.74) is 3.00. The molecule has 2 aromatic heterocycles. The summed E-state index contributed by atoms with van der Waals surface area (Å²) >= 11 is 0. The van der Waals surface area contributed by atoms with Gasteiger partial charge in [-0.2, -0.15) is 0 Å². The lowest BCUT2D eigenvalue weighted by Crippen LogP contribution is -2.21. The molecule has 0 N–H and O–H groups in total. The van der Waals surface area contributed by atoms with Crippen LogP contribution in [0.25, 0.3) is 11.0 Å². The summed E-state index contributed by atoms with van der Waals surface area (Å²) < 4.78 is 1.81. The van der Waals surface area contributed by atoms with E-state index in [9.17, 15) is 4.79 Å². The molecule has 0 aliphatic carbocycles. The lowest BCUT2D eigenvalue weighted by molar-refractivity contribution is 0.387. The van der Waals surface area contributed by atoms with E-state index in [0.29, 0.717) is 0 Å². The topological polar surface area (TPSA) is 38.1 Å². The van der Waals surface area contributed by atoms with Crippen LogP contribution in [0.15, 0.2) is 23.0 Å². The molecule has 0 bridgehead atoms. The highest BCUT2D eigenvalue weighted by Gasteiger charge is 2.07. The normalized spacial score (nSPS) is 10.4. The number of pyridine rings is 2. The molecule has 2 aromatic rings. The Kier molecular flexibility index (Phi) is 9.12. The summed E-state index contributed by atoms with van der Waals surface area (Å²) in [4.78, 5) is 18.8. The molecule has 0 aliphatic heterocycles. The molecular formula is C16H25Br2N3O. The second kappa shape index (κ2) is 9.43. The van der Waals surface area contributed by atoms with E-state index in [1.54, 1.807) is 6.07 Å². The fourth-order valence-electron chi connectivity index (χ4n) is 2.50. The second-order valence-corrected chi connectivity index (χ2v) is 5.65. The Morgan fingerprint density at radius 2 is 1.82 bits per heavy atom. The van der Waals surface area contributed by atoms with Crippen LogP contribution in [0.4, 0.5) is 0 Å². The van der Waals surface area contributed by atoms with E-state index in [0.717, 1.165) is 42.7 Å². The molecule has 0 aliphatic rings. The van der Waals surface area contributed by atoms with E-state index in [-0.39, 0.29) is 39.5 Å². The second-order valence-electron chi connectivity index (χ2n) is 5.65. The van der Waals surface area contributed by atoms with Gasteiger partial charge in [-0.15, -0.1) is 34.0 Å². The summed E-state index contributed by atoms with van der Waals surface area (Å²) in [6.45, 7) is 5.82. The first-order chi connectivity index (χ1) is 9.49. The number of halogens is 2. The molecule has 0 atom stereocenters. The van der Waals surface area contributed by atoms with E-state index in [4.69, 9.17) is 0 Å². The Hall–Kier alpha value is -0.720. The van der Waals surface area contributed by atoms with E-state index in [2.05, 4.69) is 37.0 Å². The molecular weight excluding hydrogens is 410 g/mol. The number of nitrogens with zero attached hydrogens (tertiary/aromatic N) is 3. The molecule has 0 aromatic carbocycles. The average Bonchev–Trinajstić information content (AvgIpc) is 2.36. The Labute approximate surface area is 153 Å². The summed E-state index contributed by atoms with van der Waals surface area (Å²) in [5, 5.41) is 1.07. The molecule has 6 heteroatoms. The summed E-state index contributed by atoms with van der Waals surface area (Å²) in [7, 11) is 4.14. The van der Waals surface area contributed by atoms with Crippen LogP contribution in [-0.4, -0.2) is 35.1 Å². The van der Waals surface area contributed by atoms with Crippen LogP contribution >= 0.6 is 34.0 Å². The Bertz CT molecular complexity index is 668. The summed E-state index contributed by atoms with van der Waals surface area (Å²) in [5.74, 6) is 0. The highest BCUT2D eigenvalue weighted by Crippen LogP contribution is 2.16. The van der Waals surface area contributed by atoms with Crippen LogP contribution in [0.1, 0.15) is 24.1 Å². The van der Waals surface area contributed by atoms with E-state index in [1.807, 2.05) is 17.6 Å². The highest BCUT2D eigenvalue weighted by molar-refractivity contribution is 8.93. The number of fused-ring (bicyclic) bond motifs is 1. The molecule has 2 heterocycles. The minimum Gasteiger partial charge on any atom is -0.309 e. The number of hydrogen-bond acceptors (Lipinski definition) is 3. The first-order valence-electron chi connectivity index (χ1n) is 7.11. The van der Waals surface area contributed by atoms with Gasteiger partial charge in [-0.05, 0) is 65.0 Å². The van der Waals surface area contributed by atoms with Gasteiger partial charge in [0.2, 0.25) is 0 Å². The molecule has 22 heavy (non-hydrogen) atoms.